The molecular weight excluding hydrogens is 300 g/mol. The highest BCUT2D eigenvalue weighted by Gasteiger charge is 2.13. The fourth-order valence-electron chi connectivity index (χ4n) is 2.12. The van der Waals surface area contributed by atoms with E-state index in [0.717, 1.165) is 0 Å². The monoisotopic (exact) mass is 318 g/mol. The van der Waals surface area contributed by atoms with Gasteiger partial charge in [0.1, 0.15) is 12.2 Å². The zero-order valence-corrected chi connectivity index (χ0v) is 13.1. The van der Waals surface area contributed by atoms with Crippen molar-refractivity contribution in [2.24, 2.45) is 0 Å². The van der Waals surface area contributed by atoms with Gasteiger partial charge in [0.2, 0.25) is 0 Å². The lowest BCUT2D eigenvalue weighted by molar-refractivity contribution is -0.144. The van der Waals surface area contributed by atoms with Crippen LogP contribution in [0.15, 0.2) is 40.1 Å². The zero-order chi connectivity index (χ0) is 16.8. The summed E-state index contributed by atoms with van der Waals surface area (Å²) in [6.07, 6.45) is 2.44. The van der Waals surface area contributed by atoms with Crippen molar-refractivity contribution in [3.8, 4) is 11.5 Å². The van der Waals surface area contributed by atoms with Crippen LogP contribution in [-0.2, 0) is 16.1 Å². The summed E-state index contributed by atoms with van der Waals surface area (Å²) in [5.41, 5.74) is 0.360. The molecule has 2 aromatic rings. The molecule has 6 heteroatoms. The van der Waals surface area contributed by atoms with Gasteiger partial charge >= 0.3 is 11.6 Å². The average molecular weight is 318 g/mol. The highest BCUT2D eigenvalue weighted by molar-refractivity contribution is 5.84. The van der Waals surface area contributed by atoms with Crippen molar-refractivity contribution in [2.45, 2.75) is 19.4 Å². The van der Waals surface area contributed by atoms with Crippen molar-refractivity contribution in [3.05, 3.63) is 46.8 Å². The van der Waals surface area contributed by atoms with Gasteiger partial charge in [-0.05, 0) is 12.5 Å². The fourth-order valence-corrected chi connectivity index (χ4v) is 2.12. The molecule has 0 atom stereocenters. The second-order valence-electron chi connectivity index (χ2n) is 4.78. The van der Waals surface area contributed by atoms with Crippen LogP contribution in [0.1, 0.15) is 18.4 Å². The second-order valence-corrected chi connectivity index (χ2v) is 4.78. The number of ether oxygens (including phenoxy) is 3. The van der Waals surface area contributed by atoms with Crippen molar-refractivity contribution >= 4 is 16.9 Å². The van der Waals surface area contributed by atoms with E-state index in [1.54, 1.807) is 18.2 Å². The van der Waals surface area contributed by atoms with Gasteiger partial charge in [-0.2, -0.15) is 0 Å². The van der Waals surface area contributed by atoms with Crippen LogP contribution in [0.25, 0.3) is 11.0 Å². The minimum Gasteiger partial charge on any atom is -0.493 e. The quantitative estimate of drug-likeness (QED) is 0.444. The summed E-state index contributed by atoms with van der Waals surface area (Å²) in [7, 11) is 3.00. The third-order valence-electron chi connectivity index (χ3n) is 3.28. The number of benzene rings is 1. The molecule has 0 spiro atoms. The summed E-state index contributed by atoms with van der Waals surface area (Å²) in [6.45, 7) is 3.53. The van der Waals surface area contributed by atoms with Gasteiger partial charge in [0.05, 0.1) is 14.2 Å². The topological polar surface area (TPSA) is 75.0 Å². The Morgan fingerprint density at radius 1 is 1.22 bits per heavy atom. The molecule has 0 radical (unpaired) electrons. The van der Waals surface area contributed by atoms with Gasteiger partial charge in [0.15, 0.2) is 11.5 Å². The summed E-state index contributed by atoms with van der Waals surface area (Å²) >= 11 is 0. The Balaban J connectivity index is 2.36. The number of carbonyl (C=O) groups excluding carboxylic acids is 1. The van der Waals surface area contributed by atoms with Crippen LogP contribution < -0.4 is 15.1 Å². The van der Waals surface area contributed by atoms with E-state index >= 15 is 0 Å². The minimum absolute atomic E-state index is 0.0203. The van der Waals surface area contributed by atoms with E-state index in [2.05, 4.69) is 6.58 Å². The van der Waals surface area contributed by atoms with Gasteiger partial charge in [-0.25, -0.2) is 4.79 Å². The van der Waals surface area contributed by atoms with Crippen molar-refractivity contribution in [2.75, 3.05) is 14.2 Å². The summed E-state index contributed by atoms with van der Waals surface area (Å²) < 4.78 is 20.8. The summed E-state index contributed by atoms with van der Waals surface area (Å²) in [5, 5.41) is 0.624. The first-order valence-corrected chi connectivity index (χ1v) is 7.04. The lowest BCUT2D eigenvalue weighted by Gasteiger charge is -2.11. The van der Waals surface area contributed by atoms with E-state index in [-0.39, 0.29) is 19.0 Å². The Kier molecular flexibility index (Phi) is 5.41. The molecule has 0 amide bonds. The van der Waals surface area contributed by atoms with Crippen LogP contribution in [0, 0.1) is 0 Å². The highest BCUT2D eigenvalue weighted by atomic mass is 16.5. The molecule has 0 aliphatic rings. The maximum absolute atomic E-state index is 11.7. The predicted octanol–water partition coefficient (Wildman–Crippen LogP) is 2.82. The van der Waals surface area contributed by atoms with Crippen molar-refractivity contribution in [1.82, 2.24) is 0 Å². The Morgan fingerprint density at radius 3 is 2.57 bits per heavy atom. The molecule has 0 bridgehead atoms. The van der Waals surface area contributed by atoms with E-state index in [9.17, 15) is 9.59 Å². The average Bonchev–Trinajstić information content (AvgIpc) is 2.56. The third kappa shape index (κ3) is 3.91. The van der Waals surface area contributed by atoms with Crippen LogP contribution in [-0.4, -0.2) is 20.2 Å². The van der Waals surface area contributed by atoms with Crippen molar-refractivity contribution < 1.29 is 23.4 Å². The second kappa shape index (κ2) is 7.49. The number of fused-ring (bicyclic) bond motifs is 1. The molecule has 2 rings (SSSR count). The molecular formula is C17H18O6. The number of carbonyl (C=O) groups is 1. The van der Waals surface area contributed by atoms with E-state index in [1.807, 2.05) is 0 Å². The molecule has 1 heterocycles. The van der Waals surface area contributed by atoms with Crippen molar-refractivity contribution in [1.29, 1.82) is 0 Å². The molecule has 0 aliphatic heterocycles. The molecule has 0 N–H and O–H groups in total. The Bertz CT molecular complexity index is 774. The number of rotatable bonds is 7. The van der Waals surface area contributed by atoms with Gasteiger partial charge in [0.25, 0.3) is 0 Å². The summed E-state index contributed by atoms with van der Waals surface area (Å²) in [4.78, 5) is 23.3. The van der Waals surface area contributed by atoms with Crippen molar-refractivity contribution in [3.63, 3.8) is 0 Å². The molecule has 0 saturated carbocycles. The number of hydrogen-bond acceptors (Lipinski definition) is 6. The molecule has 6 nitrogen and oxygen atoms in total. The number of hydrogen-bond donors (Lipinski definition) is 0. The smallest absolute Gasteiger partial charge is 0.336 e. The lowest BCUT2D eigenvalue weighted by Crippen LogP contribution is -2.07. The molecule has 0 saturated heterocycles. The third-order valence-corrected chi connectivity index (χ3v) is 3.28. The molecule has 0 unspecified atom stereocenters. The van der Waals surface area contributed by atoms with Gasteiger partial charge in [0, 0.05) is 29.5 Å². The maximum atomic E-state index is 11.7. The summed E-state index contributed by atoms with van der Waals surface area (Å²) in [6, 6.07) is 4.55. The molecule has 23 heavy (non-hydrogen) atoms. The van der Waals surface area contributed by atoms with Crippen LogP contribution in [0.4, 0.5) is 0 Å². The van der Waals surface area contributed by atoms with E-state index < -0.39 is 5.63 Å². The summed E-state index contributed by atoms with van der Waals surface area (Å²) in [5.74, 6) is 0.586. The number of methoxy groups -OCH3 is 2. The van der Waals surface area contributed by atoms with Gasteiger partial charge < -0.3 is 18.6 Å². The minimum atomic E-state index is -0.526. The molecule has 122 valence electrons. The number of allylic oxidation sites excluding steroid dienone is 1. The first-order chi connectivity index (χ1) is 11.1. The van der Waals surface area contributed by atoms with Gasteiger partial charge in [-0.15, -0.1) is 6.58 Å². The predicted molar refractivity (Wildman–Crippen MR) is 84.8 cm³/mol. The Morgan fingerprint density at radius 2 is 1.91 bits per heavy atom. The maximum Gasteiger partial charge on any atom is 0.336 e. The van der Waals surface area contributed by atoms with E-state index in [1.165, 1.54) is 20.3 Å². The lowest BCUT2D eigenvalue weighted by atomic mass is 10.1. The van der Waals surface area contributed by atoms with Crippen LogP contribution in [0.5, 0.6) is 11.5 Å². The fraction of sp³-hybridized carbons (Fsp3) is 0.294. The van der Waals surface area contributed by atoms with E-state index in [0.29, 0.717) is 34.5 Å². The van der Waals surface area contributed by atoms with E-state index in [4.69, 9.17) is 18.6 Å². The number of esters is 1. The van der Waals surface area contributed by atoms with Gasteiger partial charge in [-0.1, -0.05) is 6.08 Å². The highest BCUT2D eigenvalue weighted by Crippen LogP contribution is 2.33. The normalized spacial score (nSPS) is 10.3. The zero-order valence-electron chi connectivity index (χ0n) is 13.1. The van der Waals surface area contributed by atoms with Crippen LogP contribution in [0.3, 0.4) is 0 Å². The SMILES string of the molecule is C=CCCC(=O)OCc1cc(=O)oc2cc(OC)c(OC)cc12. The molecule has 0 fully saturated rings. The van der Waals surface area contributed by atoms with Crippen LogP contribution >= 0.6 is 0 Å². The Labute approximate surface area is 133 Å². The molecule has 1 aromatic heterocycles. The Hall–Kier alpha value is -2.76. The molecule has 1 aromatic carbocycles. The largest absolute Gasteiger partial charge is 0.493 e. The van der Waals surface area contributed by atoms with Crippen LogP contribution in [0.2, 0.25) is 0 Å². The first-order valence-electron chi connectivity index (χ1n) is 7.04. The first kappa shape index (κ1) is 16.6. The standard InChI is InChI=1S/C17H18O6/c1-4-5-6-16(18)22-10-11-7-17(19)23-13-9-15(21-3)14(20-2)8-12(11)13/h4,7-9H,1,5-6,10H2,2-3H3. The van der Waals surface area contributed by atoms with Gasteiger partial charge in [-0.3, -0.25) is 4.79 Å². The molecule has 0 aliphatic carbocycles.